The van der Waals surface area contributed by atoms with Gasteiger partial charge in [0.05, 0.1) is 6.61 Å². The summed E-state index contributed by atoms with van der Waals surface area (Å²) in [6.07, 6.45) is 5.89. The quantitative estimate of drug-likeness (QED) is 0.664. The molecule has 29 heavy (non-hydrogen) atoms. The molecule has 4 rings (SSSR count). The smallest absolute Gasteiger partial charge is 0.194 e. The number of rotatable bonds is 6. The zero-order valence-corrected chi connectivity index (χ0v) is 18.7. The Morgan fingerprint density at radius 2 is 2.03 bits per heavy atom. The Morgan fingerprint density at radius 1 is 1.24 bits per heavy atom. The standard InChI is InChI=1S/C25H36N2O2/c1-6-7-10-29-19-8-9-22-20(11-19)23(28)21(17(2)26-22)14-27-16-25(5)13-18(27)12-24(3,4)15-25/h8-9,11,18H,6-7,10,12-16H2,1-5H3,(H,26,28)/t18-,25-/m0/s1. The molecule has 1 aliphatic carbocycles. The summed E-state index contributed by atoms with van der Waals surface area (Å²) >= 11 is 0. The van der Waals surface area contributed by atoms with Crippen molar-refractivity contribution >= 4 is 10.9 Å². The first-order valence-electron chi connectivity index (χ1n) is 11.2. The van der Waals surface area contributed by atoms with E-state index >= 15 is 0 Å². The molecule has 2 bridgehead atoms. The molecule has 2 aliphatic rings. The number of fused-ring (bicyclic) bond motifs is 3. The molecule has 0 spiro atoms. The average Bonchev–Trinajstić information content (AvgIpc) is 2.87. The normalized spacial score (nSPS) is 26.2. The van der Waals surface area contributed by atoms with Gasteiger partial charge in [0.25, 0.3) is 0 Å². The number of likely N-dealkylation sites (tertiary alicyclic amines) is 1. The fourth-order valence-corrected chi connectivity index (χ4v) is 6.01. The number of hydrogen-bond donors (Lipinski definition) is 1. The molecule has 1 aromatic carbocycles. The highest BCUT2D eigenvalue weighted by Gasteiger charge is 2.49. The Bertz CT molecular complexity index is 961. The zero-order valence-electron chi connectivity index (χ0n) is 18.7. The topological polar surface area (TPSA) is 45.3 Å². The van der Waals surface area contributed by atoms with Gasteiger partial charge in [0.15, 0.2) is 5.43 Å². The summed E-state index contributed by atoms with van der Waals surface area (Å²) in [5, 5.41) is 0.744. The summed E-state index contributed by atoms with van der Waals surface area (Å²) in [5.41, 5.74) is 3.73. The summed E-state index contributed by atoms with van der Waals surface area (Å²) in [7, 11) is 0. The molecule has 2 heterocycles. The summed E-state index contributed by atoms with van der Waals surface area (Å²) < 4.78 is 5.84. The highest BCUT2D eigenvalue weighted by molar-refractivity contribution is 5.81. The zero-order chi connectivity index (χ0) is 20.8. The Kier molecular flexibility index (Phi) is 5.27. The lowest BCUT2D eigenvalue weighted by atomic mass is 9.65. The molecule has 1 N–H and O–H groups in total. The fraction of sp³-hybridized carbons (Fsp3) is 0.640. The lowest BCUT2D eigenvalue weighted by Crippen LogP contribution is -2.35. The van der Waals surface area contributed by atoms with Gasteiger partial charge in [0.1, 0.15) is 5.75 Å². The summed E-state index contributed by atoms with van der Waals surface area (Å²) in [6, 6.07) is 6.43. The van der Waals surface area contributed by atoms with E-state index in [-0.39, 0.29) is 5.43 Å². The van der Waals surface area contributed by atoms with Crippen molar-refractivity contribution in [2.75, 3.05) is 13.2 Å². The average molecular weight is 397 g/mol. The van der Waals surface area contributed by atoms with Crippen LogP contribution >= 0.6 is 0 Å². The van der Waals surface area contributed by atoms with Crippen LogP contribution in [0.1, 0.15) is 71.1 Å². The number of aromatic nitrogens is 1. The van der Waals surface area contributed by atoms with E-state index in [1.165, 1.54) is 19.3 Å². The van der Waals surface area contributed by atoms with E-state index in [1.54, 1.807) is 0 Å². The molecular formula is C25H36N2O2. The molecule has 2 fully saturated rings. The number of unbranched alkanes of at least 4 members (excludes halogenated alkanes) is 1. The van der Waals surface area contributed by atoms with E-state index < -0.39 is 0 Å². The van der Waals surface area contributed by atoms with Crippen molar-refractivity contribution in [1.29, 1.82) is 0 Å². The number of nitrogens with one attached hydrogen (secondary N) is 1. The number of aryl methyl sites for hydroxylation is 1. The van der Waals surface area contributed by atoms with Gasteiger partial charge in [0, 0.05) is 41.3 Å². The predicted octanol–water partition coefficient (Wildman–Crippen LogP) is 5.42. The van der Waals surface area contributed by atoms with E-state index in [9.17, 15) is 4.79 Å². The molecular weight excluding hydrogens is 360 g/mol. The van der Waals surface area contributed by atoms with Crippen LogP contribution in [0.3, 0.4) is 0 Å². The first-order valence-corrected chi connectivity index (χ1v) is 11.2. The molecule has 0 amide bonds. The predicted molar refractivity (Wildman–Crippen MR) is 120 cm³/mol. The summed E-state index contributed by atoms with van der Waals surface area (Å²) in [6.45, 7) is 13.9. The van der Waals surface area contributed by atoms with Crippen LogP contribution in [0, 0.1) is 17.8 Å². The molecule has 2 atom stereocenters. The van der Waals surface area contributed by atoms with Crippen LogP contribution in [0.15, 0.2) is 23.0 Å². The number of H-pyrrole nitrogens is 1. The number of pyridine rings is 1. The van der Waals surface area contributed by atoms with Gasteiger partial charge in [-0.3, -0.25) is 9.69 Å². The fourth-order valence-electron chi connectivity index (χ4n) is 6.01. The van der Waals surface area contributed by atoms with Crippen LogP contribution in [0.25, 0.3) is 10.9 Å². The van der Waals surface area contributed by atoms with Crippen LogP contribution in [-0.4, -0.2) is 29.1 Å². The lowest BCUT2D eigenvalue weighted by molar-refractivity contribution is 0.126. The molecule has 4 nitrogen and oxygen atoms in total. The van der Waals surface area contributed by atoms with E-state index in [4.69, 9.17) is 4.74 Å². The van der Waals surface area contributed by atoms with Crippen molar-refractivity contribution in [2.45, 2.75) is 79.3 Å². The molecule has 158 valence electrons. The van der Waals surface area contributed by atoms with Crippen LogP contribution < -0.4 is 10.2 Å². The van der Waals surface area contributed by atoms with Gasteiger partial charge >= 0.3 is 0 Å². The highest BCUT2D eigenvalue weighted by Crippen LogP contribution is 2.52. The van der Waals surface area contributed by atoms with Crippen molar-refractivity contribution < 1.29 is 4.74 Å². The second-order valence-electron chi connectivity index (χ2n) is 10.6. The van der Waals surface area contributed by atoms with Crippen LogP contribution in [0.4, 0.5) is 0 Å². The van der Waals surface area contributed by atoms with E-state index in [1.807, 2.05) is 25.1 Å². The van der Waals surface area contributed by atoms with Gasteiger partial charge in [-0.15, -0.1) is 0 Å². The molecule has 0 radical (unpaired) electrons. The molecule has 1 saturated heterocycles. The van der Waals surface area contributed by atoms with Crippen LogP contribution in [-0.2, 0) is 6.54 Å². The first kappa shape index (κ1) is 20.5. The van der Waals surface area contributed by atoms with Gasteiger partial charge in [-0.25, -0.2) is 0 Å². The van der Waals surface area contributed by atoms with Crippen molar-refractivity contribution in [3.05, 3.63) is 39.7 Å². The minimum absolute atomic E-state index is 0.156. The van der Waals surface area contributed by atoms with Gasteiger partial charge < -0.3 is 9.72 Å². The number of hydrogen-bond acceptors (Lipinski definition) is 3. The summed E-state index contributed by atoms with van der Waals surface area (Å²) in [4.78, 5) is 19.5. The maximum absolute atomic E-state index is 13.4. The Hall–Kier alpha value is -1.81. The first-order chi connectivity index (χ1) is 13.7. The van der Waals surface area contributed by atoms with Crippen LogP contribution in [0.5, 0.6) is 5.75 Å². The molecule has 1 aromatic heterocycles. The maximum Gasteiger partial charge on any atom is 0.194 e. The van der Waals surface area contributed by atoms with Crippen molar-refractivity contribution in [3.63, 3.8) is 0 Å². The Morgan fingerprint density at radius 3 is 2.79 bits per heavy atom. The second-order valence-corrected chi connectivity index (χ2v) is 10.6. The number of benzene rings is 1. The third kappa shape index (κ3) is 4.09. The molecule has 1 saturated carbocycles. The highest BCUT2D eigenvalue weighted by atomic mass is 16.5. The third-order valence-corrected chi connectivity index (χ3v) is 6.94. The van der Waals surface area contributed by atoms with Crippen LogP contribution in [0.2, 0.25) is 0 Å². The van der Waals surface area contributed by atoms with E-state index in [0.717, 1.165) is 53.8 Å². The monoisotopic (exact) mass is 396 g/mol. The van der Waals surface area contributed by atoms with Gasteiger partial charge in [-0.2, -0.15) is 0 Å². The minimum atomic E-state index is 0.156. The van der Waals surface area contributed by atoms with Gasteiger partial charge in [0.2, 0.25) is 0 Å². The van der Waals surface area contributed by atoms with Gasteiger partial charge in [-0.1, -0.05) is 34.1 Å². The minimum Gasteiger partial charge on any atom is -0.494 e. The molecule has 2 aromatic rings. The second kappa shape index (κ2) is 7.46. The SMILES string of the molecule is CCCCOc1ccc2[nH]c(C)c(CN3C[C@@]4(C)C[C@@H]3CC(C)(C)C4)c(=O)c2c1. The Labute approximate surface area is 174 Å². The third-order valence-electron chi connectivity index (χ3n) is 6.94. The van der Waals surface area contributed by atoms with E-state index in [2.05, 4.69) is 37.6 Å². The molecule has 4 heteroatoms. The number of nitrogens with zero attached hydrogens (tertiary/aromatic N) is 1. The largest absolute Gasteiger partial charge is 0.494 e. The molecule has 1 aliphatic heterocycles. The van der Waals surface area contributed by atoms with E-state index in [0.29, 0.717) is 23.5 Å². The van der Waals surface area contributed by atoms with Gasteiger partial charge in [-0.05, 0) is 61.6 Å². The number of ether oxygens (including phenoxy) is 1. The number of aromatic amines is 1. The van der Waals surface area contributed by atoms with Crippen molar-refractivity contribution in [2.24, 2.45) is 10.8 Å². The Balaban J connectivity index is 1.63. The van der Waals surface area contributed by atoms with Crippen molar-refractivity contribution in [1.82, 2.24) is 9.88 Å². The lowest BCUT2D eigenvalue weighted by Gasteiger charge is -2.40. The maximum atomic E-state index is 13.4. The van der Waals surface area contributed by atoms with Crippen molar-refractivity contribution in [3.8, 4) is 5.75 Å². The molecule has 0 unspecified atom stereocenters. The summed E-state index contributed by atoms with van der Waals surface area (Å²) in [5.74, 6) is 0.789.